The molecule has 1 saturated heterocycles. The summed E-state index contributed by atoms with van der Waals surface area (Å²) in [6.07, 6.45) is 3.89. The molecule has 1 aliphatic heterocycles. The van der Waals surface area contributed by atoms with Gasteiger partial charge in [0.15, 0.2) is 5.75 Å². The van der Waals surface area contributed by atoms with Gasteiger partial charge in [0.2, 0.25) is 5.28 Å². The van der Waals surface area contributed by atoms with Crippen LogP contribution in [0, 0.1) is 17.2 Å². The van der Waals surface area contributed by atoms with Gasteiger partial charge in [0, 0.05) is 31.6 Å². The zero-order valence-corrected chi connectivity index (χ0v) is 18.8. The molecule has 4 heterocycles. The predicted molar refractivity (Wildman–Crippen MR) is 124 cm³/mol. The number of nitrogens with zero attached hydrogens (tertiary/aromatic N) is 5. The lowest BCUT2D eigenvalue weighted by molar-refractivity contribution is 0.0771. The molecule has 1 aromatic carbocycles. The van der Waals surface area contributed by atoms with Gasteiger partial charge in [-0.25, -0.2) is 14.4 Å². The van der Waals surface area contributed by atoms with Crippen molar-refractivity contribution in [2.24, 2.45) is 17.1 Å². The molecule has 0 radical (unpaired) electrons. The fourth-order valence-electron chi connectivity index (χ4n) is 5.38. The summed E-state index contributed by atoms with van der Waals surface area (Å²) < 4.78 is 20.3. The number of fused-ring (bicyclic) bond motifs is 4. The van der Waals surface area contributed by atoms with Gasteiger partial charge in [-0.2, -0.15) is 9.97 Å². The van der Waals surface area contributed by atoms with Crippen LogP contribution in [0.25, 0.3) is 21.9 Å². The lowest BCUT2D eigenvalue weighted by Gasteiger charge is -2.46. The third-order valence-electron chi connectivity index (χ3n) is 6.94. The van der Waals surface area contributed by atoms with Crippen molar-refractivity contribution >= 4 is 45.0 Å². The normalized spacial score (nSPS) is 24.2. The van der Waals surface area contributed by atoms with Crippen LogP contribution in [0.1, 0.15) is 13.3 Å². The Kier molecular flexibility index (Phi) is 4.40. The maximum atomic E-state index is 14.5. The molecular weight excluding hydrogens is 447 g/mol. The minimum Gasteiger partial charge on any atom is -0.421 e. The molecular formula is C22H22ClFN8O. The number of nitrogens with one attached hydrogen (secondary N) is 2. The third-order valence-corrected chi connectivity index (χ3v) is 7.14. The number of hydrogen-bond acceptors (Lipinski definition) is 8. The second-order valence-electron chi connectivity index (χ2n) is 9.10. The fraction of sp³-hybridized carbons (Fsp3) is 0.364. The summed E-state index contributed by atoms with van der Waals surface area (Å²) in [5.41, 5.74) is 8.38. The van der Waals surface area contributed by atoms with Crippen molar-refractivity contribution in [3.63, 3.8) is 0 Å². The summed E-state index contributed by atoms with van der Waals surface area (Å²) in [5, 5.41) is 4.62. The highest BCUT2D eigenvalue weighted by molar-refractivity contribution is 6.28. The molecule has 0 amide bonds. The van der Waals surface area contributed by atoms with Crippen LogP contribution in [0.5, 0.6) is 11.8 Å². The Balaban J connectivity index is 1.54. The zero-order chi connectivity index (χ0) is 22.9. The van der Waals surface area contributed by atoms with Gasteiger partial charge >= 0.3 is 6.01 Å². The molecule has 3 atom stereocenters. The van der Waals surface area contributed by atoms with Crippen molar-refractivity contribution in [3.05, 3.63) is 35.6 Å². The summed E-state index contributed by atoms with van der Waals surface area (Å²) in [6.45, 7) is 3.84. The standard InChI is InChI=1S/C22H22ClFN8O/c1-22-5-14(25)13(22)8-32(9-22)19-16-12-3-10(24)4-15(26-2)17(12)29-18(16)30-21(31-19)33-11-6-27-20(23)28-7-11/h3-4,6-7,13-14,26H,5,8-9,25H2,1-2H3,(H,29,30,31)/t13?,14-,22-/m1/s1. The number of aromatic nitrogens is 5. The van der Waals surface area contributed by atoms with E-state index in [-0.39, 0.29) is 28.6 Å². The van der Waals surface area contributed by atoms with Gasteiger partial charge in [-0.1, -0.05) is 6.92 Å². The fourth-order valence-corrected chi connectivity index (χ4v) is 5.48. The van der Waals surface area contributed by atoms with Crippen molar-refractivity contribution in [3.8, 4) is 11.8 Å². The molecule has 170 valence electrons. The molecule has 2 fully saturated rings. The smallest absolute Gasteiger partial charge is 0.326 e. The molecule has 3 aromatic heterocycles. The molecule has 4 N–H and O–H groups in total. The molecule has 6 rings (SSSR count). The van der Waals surface area contributed by atoms with Gasteiger partial charge in [-0.15, -0.1) is 0 Å². The monoisotopic (exact) mass is 468 g/mol. The van der Waals surface area contributed by atoms with Crippen LogP contribution in [0.3, 0.4) is 0 Å². The van der Waals surface area contributed by atoms with E-state index in [0.29, 0.717) is 34.2 Å². The lowest BCUT2D eigenvalue weighted by atomic mass is 9.60. The average Bonchev–Trinajstić information content (AvgIpc) is 3.28. The van der Waals surface area contributed by atoms with E-state index >= 15 is 0 Å². The van der Waals surface area contributed by atoms with Crippen molar-refractivity contribution in [2.75, 3.05) is 30.4 Å². The quantitative estimate of drug-likeness (QED) is 0.388. The maximum Gasteiger partial charge on any atom is 0.326 e. The topological polar surface area (TPSA) is 118 Å². The second-order valence-corrected chi connectivity index (χ2v) is 9.44. The summed E-state index contributed by atoms with van der Waals surface area (Å²) in [4.78, 5) is 22.7. The van der Waals surface area contributed by atoms with Crippen LogP contribution in [-0.4, -0.2) is 51.1 Å². The van der Waals surface area contributed by atoms with E-state index in [9.17, 15) is 4.39 Å². The minimum absolute atomic E-state index is 0.119. The minimum atomic E-state index is -0.340. The molecule has 0 bridgehead atoms. The molecule has 1 unspecified atom stereocenters. The van der Waals surface area contributed by atoms with Crippen LogP contribution in [0.2, 0.25) is 5.28 Å². The number of anilines is 2. The van der Waals surface area contributed by atoms with Crippen molar-refractivity contribution in [2.45, 2.75) is 19.4 Å². The molecule has 33 heavy (non-hydrogen) atoms. The van der Waals surface area contributed by atoms with Crippen molar-refractivity contribution in [1.82, 2.24) is 24.9 Å². The predicted octanol–water partition coefficient (Wildman–Crippen LogP) is 3.70. The Bertz CT molecular complexity index is 1390. The largest absolute Gasteiger partial charge is 0.421 e. The summed E-state index contributed by atoms with van der Waals surface area (Å²) in [6, 6.07) is 3.27. The Hall–Kier alpha value is -3.24. The maximum absolute atomic E-state index is 14.5. The van der Waals surface area contributed by atoms with E-state index in [0.717, 1.165) is 30.4 Å². The first-order valence-electron chi connectivity index (χ1n) is 10.7. The number of rotatable bonds is 4. The van der Waals surface area contributed by atoms with Crippen LogP contribution < -0.4 is 20.7 Å². The summed E-state index contributed by atoms with van der Waals surface area (Å²) in [5.74, 6) is 1.09. The number of hydrogen-bond donors (Lipinski definition) is 3. The molecule has 2 aliphatic rings. The van der Waals surface area contributed by atoms with Gasteiger partial charge in [-0.3, -0.25) is 0 Å². The average molecular weight is 469 g/mol. The van der Waals surface area contributed by atoms with Gasteiger partial charge in [0.05, 0.1) is 29.0 Å². The second kappa shape index (κ2) is 7.13. The van der Waals surface area contributed by atoms with E-state index in [1.807, 2.05) is 0 Å². The first kappa shape index (κ1) is 20.4. The van der Waals surface area contributed by atoms with Crippen LogP contribution in [0.15, 0.2) is 24.5 Å². The first-order valence-corrected chi connectivity index (χ1v) is 11.1. The van der Waals surface area contributed by atoms with Crippen molar-refractivity contribution < 1.29 is 9.13 Å². The van der Waals surface area contributed by atoms with Gasteiger partial charge < -0.3 is 25.7 Å². The molecule has 1 aliphatic carbocycles. The van der Waals surface area contributed by atoms with Crippen LogP contribution in [-0.2, 0) is 0 Å². The van der Waals surface area contributed by atoms with Crippen LogP contribution >= 0.6 is 11.6 Å². The molecule has 1 saturated carbocycles. The Labute approximate surface area is 193 Å². The Morgan fingerprint density at radius 2 is 2.09 bits per heavy atom. The van der Waals surface area contributed by atoms with Crippen molar-refractivity contribution in [1.29, 1.82) is 0 Å². The van der Waals surface area contributed by atoms with E-state index in [1.54, 1.807) is 7.05 Å². The number of ether oxygens (including phenoxy) is 1. The van der Waals surface area contributed by atoms with E-state index in [1.165, 1.54) is 24.5 Å². The SMILES string of the molecule is CNc1cc(F)cc2c1[nH]c1nc(Oc3cnc(Cl)nc3)nc(N3CC4[C@H](N)C[C@]4(C)C3)c12. The van der Waals surface area contributed by atoms with E-state index in [2.05, 4.69) is 37.1 Å². The molecule has 4 aromatic rings. The number of halogens is 2. The first-order chi connectivity index (χ1) is 15.8. The number of nitrogens with two attached hydrogens (primary N) is 1. The van der Waals surface area contributed by atoms with Gasteiger partial charge in [0.25, 0.3) is 0 Å². The Morgan fingerprint density at radius 1 is 1.30 bits per heavy atom. The number of benzene rings is 1. The van der Waals surface area contributed by atoms with E-state index in [4.69, 9.17) is 27.1 Å². The van der Waals surface area contributed by atoms with E-state index < -0.39 is 0 Å². The highest BCUT2D eigenvalue weighted by Crippen LogP contribution is 2.52. The Morgan fingerprint density at radius 3 is 2.79 bits per heavy atom. The highest BCUT2D eigenvalue weighted by atomic mass is 35.5. The summed E-state index contributed by atoms with van der Waals surface area (Å²) in [7, 11) is 1.75. The zero-order valence-electron chi connectivity index (χ0n) is 18.1. The van der Waals surface area contributed by atoms with Gasteiger partial charge in [0.1, 0.15) is 17.3 Å². The number of aromatic amines is 1. The summed E-state index contributed by atoms with van der Waals surface area (Å²) >= 11 is 5.78. The number of H-pyrrole nitrogens is 1. The molecule has 0 spiro atoms. The lowest BCUT2D eigenvalue weighted by Crippen LogP contribution is -2.53. The molecule has 11 heteroatoms. The highest BCUT2D eigenvalue weighted by Gasteiger charge is 2.55. The van der Waals surface area contributed by atoms with Crippen LogP contribution in [0.4, 0.5) is 15.9 Å². The molecule has 9 nitrogen and oxygen atoms in total. The van der Waals surface area contributed by atoms with Gasteiger partial charge in [-0.05, 0) is 41.5 Å². The third kappa shape index (κ3) is 3.16.